The molecule has 1 saturated carbocycles. The highest BCUT2D eigenvalue weighted by molar-refractivity contribution is 7.92. The predicted octanol–water partition coefficient (Wildman–Crippen LogP) is 7.71. The Labute approximate surface area is 695 Å². The number of amides is 4. The van der Waals surface area contributed by atoms with Gasteiger partial charge in [0.25, 0.3) is 17.7 Å². The Hall–Kier alpha value is -10.6. The van der Waals surface area contributed by atoms with Gasteiger partial charge in [-0.05, 0) is 195 Å². The van der Waals surface area contributed by atoms with E-state index in [1.165, 1.54) is 181 Å². The first-order valence-electron chi connectivity index (χ1n) is 37.4. The second kappa shape index (κ2) is 33.4. The summed E-state index contributed by atoms with van der Waals surface area (Å²) in [5.41, 5.74) is 22.5. The van der Waals surface area contributed by atoms with Crippen LogP contribution in [0, 0.1) is 56.9 Å². The van der Waals surface area contributed by atoms with Gasteiger partial charge in [0.05, 0.1) is 11.9 Å². The van der Waals surface area contributed by atoms with E-state index in [0.717, 1.165) is 35.6 Å². The molecule has 4 aromatic carbocycles. The molecule has 0 spiro atoms. The molecule has 34 nitrogen and oxygen atoms in total. The summed E-state index contributed by atoms with van der Waals surface area (Å²) in [7, 11) is -9.57. The Morgan fingerprint density at radius 2 is 0.717 bits per heavy atom. The fourth-order valence-corrected chi connectivity index (χ4v) is 19.5. The molecule has 5 aliphatic rings. The Morgan fingerprint density at radius 1 is 0.417 bits per heavy atom. The zero-order valence-electron chi connectivity index (χ0n) is 70.1. The molecule has 0 saturated heterocycles. The van der Waals surface area contributed by atoms with E-state index in [1.807, 2.05) is 0 Å². The lowest BCUT2D eigenvalue weighted by molar-refractivity contribution is -0.117. The van der Waals surface area contributed by atoms with Crippen molar-refractivity contribution >= 4 is 110 Å². The molecule has 4 amide bonds. The van der Waals surface area contributed by atoms with Gasteiger partial charge in [-0.15, -0.1) is 0 Å². The molecule has 7 aromatic rings. The van der Waals surface area contributed by atoms with Crippen molar-refractivity contribution in [2.24, 2.45) is 48.8 Å². The average molecular weight is 1750 g/mol. The number of carbonyl (C=O) groups is 4. The van der Waals surface area contributed by atoms with Crippen LogP contribution in [-0.4, -0.2) is 196 Å². The molecule has 4 atom stereocenters. The van der Waals surface area contributed by atoms with Gasteiger partial charge in [0, 0.05) is 131 Å². The summed E-state index contributed by atoms with van der Waals surface area (Å²) in [6.45, 7) is 24.5. The maximum absolute atomic E-state index is 14.9. The van der Waals surface area contributed by atoms with Crippen LogP contribution in [0.25, 0.3) is 0 Å². The van der Waals surface area contributed by atoms with Gasteiger partial charge in [0.15, 0.2) is 11.6 Å². The van der Waals surface area contributed by atoms with Crippen molar-refractivity contribution in [3.8, 4) is 0 Å². The standard InChI is InChI=1S/2C20H25FN6O3S.C20H26FN5O4S.C18H25FN4O3S/c1-12-9-24-16(10-23-12)17(28)25-13-6-7-15(21)14(8-13)20(4)11-27(5)31(29,30)19(2,3)18(22)26-20;1-12-9-23-16(24-10-12)17(28)25-13-6-7-15(21)14(8-13)20(4)11-27(5)31(29,30)19(2,3)18(22)26-20;1-11-16(23-12(2)30-11)17(27)24-13-7-8-15(21)14(9-13)20(5)10-26(6)31(28,29)19(3,4)18(22)25-20;1-17(2)16(20)22-18(3,10-23(4)27(17,25)26)13-9-12(7-8-14(13)19)21-15(24)11-5-6-11/h2*6-10H,11H2,1-5H3,(H2,22,26)(H,25,28);7-9H,10H2,1-6H3,(H2,22,25)(H,24,27);7-9,11H,5-6,10H2,1-4H3,(H2,20,22)(H,21,24)/t3*20-;18-/m0000/s1. The number of aliphatic imine (C=N–C) groups is 4. The molecule has 12 rings (SSSR count). The molecule has 1 aliphatic carbocycles. The van der Waals surface area contributed by atoms with Crippen molar-refractivity contribution in [2.45, 2.75) is 165 Å². The number of benzene rings is 4. The van der Waals surface area contributed by atoms with Gasteiger partial charge in [-0.3, -0.25) is 44.1 Å². The highest BCUT2D eigenvalue weighted by Gasteiger charge is 2.53. The van der Waals surface area contributed by atoms with E-state index in [0.29, 0.717) is 34.4 Å². The highest BCUT2D eigenvalue weighted by Crippen LogP contribution is 2.43. The maximum Gasteiger partial charge on any atom is 0.293 e. The molecule has 7 heterocycles. The lowest BCUT2D eigenvalue weighted by Gasteiger charge is -2.29. The van der Waals surface area contributed by atoms with Crippen LogP contribution >= 0.6 is 0 Å². The van der Waals surface area contributed by atoms with E-state index < -0.39 is 122 Å². The number of aryl methyl sites for hydroxylation is 4. The topological polar surface area (TPSA) is 497 Å². The third-order valence-electron chi connectivity index (χ3n) is 21.6. The van der Waals surface area contributed by atoms with Crippen LogP contribution in [0.3, 0.4) is 0 Å². The second-order valence-corrected chi connectivity index (χ2v) is 43.2. The van der Waals surface area contributed by atoms with Crippen molar-refractivity contribution in [3.63, 3.8) is 0 Å². The number of amidine groups is 4. The zero-order chi connectivity index (χ0) is 89.9. The zero-order valence-corrected chi connectivity index (χ0v) is 73.4. The number of oxazole rings is 1. The molecule has 0 unspecified atom stereocenters. The summed E-state index contributed by atoms with van der Waals surface area (Å²) < 4.78 is 166. The van der Waals surface area contributed by atoms with Crippen LogP contribution in [0.2, 0.25) is 0 Å². The van der Waals surface area contributed by atoms with Gasteiger partial charge in [-0.2, -0.15) is 0 Å². The first kappa shape index (κ1) is 93.2. The minimum atomic E-state index is -3.82. The van der Waals surface area contributed by atoms with Crippen molar-refractivity contribution in [1.29, 1.82) is 0 Å². The molecular weight excluding hydrogens is 1640 g/mol. The van der Waals surface area contributed by atoms with Gasteiger partial charge in [0.1, 0.15) is 99.2 Å². The minimum absolute atomic E-state index is 0.0118. The van der Waals surface area contributed by atoms with Crippen LogP contribution < -0.4 is 44.2 Å². The number of halogens is 4. The maximum atomic E-state index is 14.9. The number of nitrogens with zero attached hydrogens (tertiary/aromatic N) is 13. The van der Waals surface area contributed by atoms with E-state index in [2.05, 4.69) is 66.2 Å². The summed E-state index contributed by atoms with van der Waals surface area (Å²) in [6.07, 6.45) is 7.55. The Morgan fingerprint density at radius 3 is 1.00 bits per heavy atom. The lowest BCUT2D eigenvalue weighted by atomic mass is 9.91. The first-order chi connectivity index (χ1) is 55.1. The van der Waals surface area contributed by atoms with Crippen LogP contribution in [0.4, 0.5) is 40.3 Å². The van der Waals surface area contributed by atoms with E-state index in [9.17, 15) is 70.4 Å². The lowest BCUT2D eigenvalue weighted by Crippen LogP contribution is -2.50. The number of rotatable bonds is 12. The van der Waals surface area contributed by atoms with Crippen LogP contribution in [0.15, 0.2) is 122 Å². The monoisotopic (exact) mass is 1740 g/mol. The van der Waals surface area contributed by atoms with Gasteiger partial charge in [-0.25, -0.2) is 88.4 Å². The van der Waals surface area contributed by atoms with Crippen LogP contribution in [0.5, 0.6) is 0 Å². The molecule has 0 radical (unpaired) electrons. The summed E-state index contributed by atoms with van der Waals surface area (Å²) in [5.74, 6) is -3.79. The van der Waals surface area contributed by atoms with Crippen LogP contribution in [0.1, 0.15) is 173 Å². The molecule has 0 bridgehead atoms. The van der Waals surface area contributed by atoms with Gasteiger partial charge >= 0.3 is 0 Å². The molecule has 4 aliphatic heterocycles. The fraction of sp³-hybridized carbons (Fsp3) is 0.449. The number of anilines is 4. The van der Waals surface area contributed by atoms with Crippen molar-refractivity contribution in [1.82, 2.24) is 42.1 Å². The van der Waals surface area contributed by atoms with E-state index in [1.54, 1.807) is 55.4 Å². The fourth-order valence-electron chi connectivity index (χ4n) is 13.5. The third-order valence-corrected chi connectivity index (χ3v) is 31.4. The third kappa shape index (κ3) is 18.5. The number of nitrogens with two attached hydrogens (primary N) is 4. The number of likely N-dealkylation sites (N-methyl/N-ethyl adjacent to an activating group) is 4. The molecule has 648 valence electrons. The van der Waals surface area contributed by atoms with Gasteiger partial charge in [-0.1, -0.05) is 0 Å². The number of hydrogen-bond donors (Lipinski definition) is 8. The number of hydrogen-bond acceptors (Lipinski definition) is 26. The highest BCUT2D eigenvalue weighted by atomic mass is 32.2. The molecular formula is C78H101F4N21O13S4. The number of carbonyl (C=O) groups excluding carboxylic acids is 4. The summed E-state index contributed by atoms with van der Waals surface area (Å²) in [6, 6.07) is 16.2. The van der Waals surface area contributed by atoms with E-state index >= 15 is 0 Å². The average Bonchev–Trinajstić information content (AvgIpc) is 1.62. The Bertz CT molecular complexity index is 5670. The molecule has 42 heteroatoms. The molecule has 3 aromatic heterocycles. The van der Waals surface area contributed by atoms with Gasteiger partial charge in [0.2, 0.25) is 51.8 Å². The smallest absolute Gasteiger partial charge is 0.293 e. The van der Waals surface area contributed by atoms with E-state index in [4.69, 9.17) is 27.4 Å². The summed E-state index contributed by atoms with van der Waals surface area (Å²) in [4.78, 5) is 87.2. The van der Waals surface area contributed by atoms with Crippen molar-refractivity contribution in [3.05, 3.63) is 183 Å². The minimum Gasteiger partial charge on any atom is -0.445 e. The molecule has 120 heavy (non-hydrogen) atoms. The number of aromatic nitrogens is 5. The number of nitrogens with one attached hydrogen (secondary N) is 4. The van der Waals surface area contributed by atoms with Crippen molar-refractivity contribution in [2.75, 3.05) is 75.6 Å². The van der Waals surface area contributed by atoms with Crippen molar-refractivity contribution < 1.29 is 74.8 Å². The molecule has 1 fully saturated rings. The Balaban J connectivity index is 0.000000182. The molecule has 12 N–H and O–H groups in total. The summed E-state index contributed by atoms with van der Waals surface area (Å²) >= 11 is 0. The number of sulfonamides is 4. The van der Waals surface area contributed by atoms with Gasteiger partial charge < -0.3 is 48.6 Å². The summed E-state index contributed by atoms with van der Waals surface area (Å²) in [5, 5.41) is 10.7. The van der Waals surface area contributed by atoms with Crippen LogP contribution in [-0.2, 0) is 67.0 Å². The predicted molar refractivity (Wildman–Crippen MR) is 449 cm³/mol. The largest absolute Gasteiger partial charge is 0.445 e. The normalized spacial score (nSPS) is 24.0. The Kier molecular flexibility index (Phi) is 26.0. The van der Waals surface area contributed by atoms with E-state index in [-0.39, 0.29) is 107 Å². The SMILES string of the molecule is CN1C[C@@](C)(c2cc(NC(=O)C3CC3)ccc2F)N=C(N)C(C)(C)S1(=O)=O.Cc1cnc(C(=O)Nc2ccc(F)c([C@]3(C)CN(C)S(=O)(=O)C(C)(C)C(N)=N3)c2)cn1.Cc1cnc(C(=O)Nc2ccc(F)c([C@]3(C)CN(C)S(=O)(=O)C(C)(C)C(N)=N3)c2)nc1.Cc1nc(C(=O)Nc2ccc(F)c([C@]3(C)CN(C)S(=O)(=O)C(C)(C)C(N)=N3)c2)c(C)o1. The quantitative estimate of drug-likeness (QED) is 0.0543. The first-order valence-corrected chi connectivity index (χ1v) is 43.1. The second-order valence-electron chi connectivity index (χ2n) is 32.8.